The number of rotatable bonds is 4. The zero-order valence-electron chi connectivity index (χ0n) is 9.40. The van der Waals surface area contributed by atoms with E-state index in [0.29, 0.717) is 5.56 Å². The second kappa shape index (κ2) is 4.74. The van der Waals surface area contributed by atoms with Gasteiger partial charge in [0.15, 0.2) is 11.6 Å². The summed E-state index contributed by atoms with van der Waals surface area (Å²) < 4.78 is 44.4. The van der Waals surface area contributed by atoms with Crippen molar-refractivity contribution >= 4 is 0 Å². The number of halogens is 3. The molecule has 0 spiro atoms. The Labute approximate surface area is 92.4 Å². The fourth-order valence-corrected chi connectivity index (χ4v) is 1.45. The standard InChI is InChI=1S/C11H14F3NO/c1-11(13,14)8-4-7(6-15-2)10(16-3)9(12)5-8/h4-5,15H,6H2,1-3H3. The van der Waals surface area contributed by atoms with Crippen LogP contribution in [0.4, 0.5) is 13.2 Å². The summed E-state index contributed by atoms with van der Waals surface area (Å²) in [4.78, 5) is 0. The molecule has 0 saturated heterocycles. The first-order valence-electron chi connectivity index (χ1n) is 4.79. The molecular weight excluding hydrogens is 219 g/mol. The SMILES string of the molecule is CNCc1cc(C(C)(F)F)cc(F)c1OC. The van der Waals surface area contributed by atoms with Crippen LogP contribution in [0.15, 0.2) is 12.1 Å². The number of hydrogen-bond acceptors (Lipinski definition) is 2. The maximum Gasteiger partial charge on any atom is 0.270 e. The highest BCUT2D eigenvalue weighted by molar-refractivity contribution is 5.40. The molecule has 0 fully saturated rings. The van der Waals surface area contributed by atoms with Gasteiger partial charge in [0, 0.05) is 24.6 Å². The molecule has 0 heterocycles. The first kappa shape index (κ1) is 12.8. The normalized spacial score (nSPS) is 11.6. The van der Waals surface area contributed by atoms with Crippen LogP contribution in [0.25, 0.3) is 0 Å². The van der Waals surface area contributed by atoms with Crippen molar-refractivity contribution in [2.75, 3.05) is 14.2 Å². The van der Waals surface area contributed by atoms with Crippen molar-refractivity contribution in [3.63, 3.8) is 0 Å². The molecule has 2 nitrogen and oxygen atoms in total. The van der Waals surface area contributed by atoms with Gasteiger partial charge in [-0.15, -0.1) is 0 Å². The number of hydrogen-bond donors (Lipinski definition) is 1. The summed E-state index contributed by atoms with van der Waals surface area (Å²) in [5.74, 6) is -3.83. The summed E-state index contributed by atoms with van der Waals surface area (Å²) in [6.07, 6.45) is 0. The van der Waals surface area contributed by atoms with E-state index in [1.54, 1.807) is 7.05 Å². The quantitative estimate of drug-likeness (QED) is 0.863. The molecule has 5 heteroatoms. The van der Waals surface area contributed by atoms with Crippen LogP contribution in [0.3, 0.4) is 0 Å². The third-order valence-corrected chi connectivity index (χ3v) is 2.20. The summed E-state index contributed by atoms with van der Waals surface area (Å²) in [5.41, 5.74) is 0.0255. The fourth-order valence-electron chi connectivity index (χ4n) is 1.45. The van der Waals surface area contributed by atoms with E-state index >= 15 is 0 Å². The summed E-state index contributed by atoms with van der Waals surface area (Å²) >= 11 is 0. The highest BCUT2D eigenvalue weighted by atomic mass is 19.3. The van der Waals surface area contributed by atoms with Crippen LogP contribution in [0.2, 0.25) is 0 Å². The Morgan fingerprint density at radius 2 is 2.00 bits per heavy atom. The Morgan fingerprint density at radius 1 is 1.38 bits per heavy atom. The van der Waals surface area contributed by atoms with Gasteiger partial charge in [-0.2, -0.15) is 0 Å². The maximum atomic E-state index is 13.5. The molecule has 0 bridgehead atoms. The van der Waals surface area contributed by atoms with Crippen molar-refractivity contribution in [3.05, 3.63) is 29.1 Å². The molecule has 0 aliphatic rings. The minimum Gasteiger partial charge on any atom is -0.493 e. The van der Waals surface area contributed by atoms with Crippen molar-refractivity contribution in [1.82, 2.24) is 5.32 Å². The third-order valence-electron chi connectivity index (χ3n) is 2.20. The average Bonchev–Trinajstić information content (AvgIpc) is 2.16. The predicted octanol–water partition coefficient (Wildman–Crippen LogP) is 2.67. The molecule has 1 aromatic rings. The summed E-state index contributed by atoms with van der Waals surface area (Å²) in [6.45, 7) is 1.00. The van der Waals surface area contributed by atoms with Gasteiger partial charge >= 0.3 is 0 Å². The lowest BCUT2D eigenvalue weighted by Crippen LogP contribution is -2.12. The lowest BCUT2D eigenvalue weighted by molar-refractivity contribution is 0.0170. The second-order valence-corrected chi connectivity index (χ2v) is 3.57. The van der Waals surface area contributed by atoms with E-state index in [-0.39, 0.29) is 17.9 Å². The first-order chi connectivity index (χ1) is 7.40. The van der Waals surface area contributed by atoms with Crippen molar-refractivity contribution in [3.8, 4) is 5.75 Å². The van der Waals surface area contributed by atoms with Gasteiger partial charge < -0.3 is 10.1 Å². The monoisotopic (exact) mass is 233 g/mol. The van der Waals surface area contributed by atoms with Crippen molar-refractivity contribution in [2.45, 2.75) is 19.4 Å². The highest BCUT2D eigenvalue weighted by Gasteiger charge is 2.27. The smallest absolute Gasteiger partial charge is 0.270 e. The number of alkyl halides is 2. The molecule has 1 rings (SSSR count). The van der Waals surface area contributed by atoms with Gasteiger partial charge in [0.25, 0.3) is 5.92 Å². The molecule has 0 amide bonds. The Bertz CT molecular complexity index is 374. The molecule has 1 aromatic carbocycles. The molecule has 0 atom stereocenters. The second-order valence-electron chi connectivity index (χ2n) is 3.57. The van der Waals surface area contributed by atoms with Crippen LogP contribution in [0.5, 0.6) is 5.75 Å². The number of ether oxygens (including phenoxy) is 1. The molecular formula is C11H14F3NO. The van der Waals surface area contributed by atoms with Crippen LogP contribution in [-0.4, -0.2) is 14.2 Å². The van der Waals surface area contributed by atoms with Crippen LogP contribution >= 0.6 is 0 Å². The van der Waals surface area contributed by atoms with Crippen LogP contribution < -0.4 is 10.1 Å². The van der Waals surface area contributed by atoms with Gasteiger partial charge in [0.1, 0.15) is 0 Å². The lowest BCUT2D eigenvalue weighted by Gasteiger charge is -2.15. The van der Waals surface area contributed by atoms with Gasteiger partial charge in [-0.3, -0.25) is 0 Å². The molecule has 90 valence electrons. The Hall–Kier alpha value is -1.23. The first-order valence-corrected chi connectivity index (χ1v) is 4.79. The minimum atomic E-state index is -3.06. The van der Waals surface area contributed by atoms with E-state index in [1.807, 2.05) is 0 Å². The molecule has 0 radical (unpaired) electrons. The van der Waals surface area contributed by atoms with Gasteiger partial charge in [-0.25, -0.2) is 13.2 Å². The van der Waals surface area contributed by atoms with E-state index in [4.69, 9.17) is 4.74 Å². The average molecular weight is 233 g/mol. The lowest BCUT2D eigenvalue weighted by atomic mass is 10.0. The van der Waals surface area contributed by atoms with Crippen LogP contribution in [-0.2, 0) is 12.5 Å². The summed E-state index contributed by atoms with van der Waals surface area (Å²) in [7, 11) is 2.95. The summed E-state index contributed by atoms with van der Waals surface area (Å²) in [6, 6.07) is 2.05. The van der Waals surface area contributed by atoms with Gasteiger partial charge in [-0.05, 0) is 19.2 Å². The Balaban J connectivity index is 3.28. The molecule has 0 aliphatic carbocycles. The molecule has 0 unspecified atom stereocenters. The molecule has 0 aliphatic heterocycles. The van der Waals surface area contributed by atoms with Gasteiger partial charge in [0.2, 0.25) is 0 Å². The van der Waals surface area contributed by atoms with Gasteiger partial charge in [-0.1, -0.05) is 0 Å². The van der Waals surface area contributed by atoms with E-state index in [2.05, 4.69) is 5.32 Å². The van der Waals surface area contributed by atoms with Gasteiger partial charge in [0.05, 0.1) is 7.11 Å². The summed E-state index contributed by atoms with van der Waals surface area (Å²) in [5, 5.41) is 2.77. The maximum absolute atomic E-state index is 13.5. The molecule has 16 heavy (non-hydrogen) atoms. The third kappa shape index (κ3) is 2.66. The van der Waals surface area contributed by atoms with E-state index in [1.165, 1.54) is 13.2 Å². The molecule has 1 N–H and O–H groups in total. The Kier molecular flexibility index (Phi) is 3.80. The van der Waals surface area contributed by atoms with E-state index in [0.717, 1.165) is 13.0 Å². The topological polar surface area (TPSA) is 21.3 Å². The largest absolute Gasteiger partial charge is 0.493 e. The number of methoxy groups -OCH3 is 1. The fraction of sp³-hybridized carbons (Fsp3) is 0.455. The van der Waals surface area contributed by atoms with Crippen LogP contribution in [0.1, 0.15) is 18.1 Å². The minimum absolute atomic E-state index is 0.00218. The predicted molar refractivity (Wildman–Crippen MR) is 55.3 cm³/mol. The highest BCUT2D eigenvalue weighted by Crippen LogP contribution is 2.32. The number of benzene rings is 1. The van der Waals surface area contributed by atoms with Crippen molar-refractivity contribution in [2.24, 2.45) is 0 Å². The zero-order chi connectivity index (χ0) is 12.3. The molecule has 0 saturated carbocycles. The van der Waals surface area contributed by atoms with Crippen molar-refractivity contribution < 1.29 is 17.9 Å². The van der Waals surface area contributed by atoms with Crippen LogP contribution in [0, 0.1) is 5.82 Å². The van der Waals surface area contributed by atoms with E-state index < -0.39 is 11.7 Å². The Morgan fingerprint density at radius 3 is 2.44 bits per heavy atom. The van der Waals surface area contributed by atoms with E-state index in [9.17, 15) is 13.2 Å². The zero-order valence-corrected chi connectivity index (χ0v) is 9.40. The van der Waals surface area contributed by atoms with Crippen molar-refractivity contribution in [1.29, 1.82) is 0 Å². The molecule has 0 aromatic heterocycles. The number of nitrogens with one attached hydrogen (secondary N) is 1.